The van der Waals surface area contributed by atoms with E-state index in [0.29, 0.717) is 11.3 Å². The third kappa shape index (κ3) is 3.63. The molecule has 112 valence electrons. The minimum absolute atomic E-state index is 0.392. The Morgan fingerprint density at radius 1 is 1.05 bits per heavy atom. The first-order valence-electron chi connectivity index (χ1n) is 8.49. The summed E-state index contributed by atoms with van der Waals surface area (Å²) in [7, 11) is 0. The summed E-state index contributed by atoms with van der Waals surface area (Å²) in [6, 6.07) is 9.48. The van der Waals surface area contributed by atoms with Crippen molar-refractivity contribution in [1.82, 2.24) is 5.32 Å². The highest BCUT2D eigenvalue weighted by Crippen LogP contribution is 2.39. The molecule has 1 heteroatoms. The molecule has 0 atom stereocenters. The fraction of sp³-hybridized carbons (Fsp3) is 0.684. The van der Waals surface area contributed by atoms with Crippen molar-refractivity contribution in [2.24, 2.45) is 0 Å². The number of hydrogen-bond donors (Lipinski definition) is 1. The average Bonchev–Trinajstić information content (AvgIpc) is 2.48. The van der Waals surface area contributed by atoms with Gasteiger partial charge in [0.05, 0.1) is 0 Å². The predicted octanol–water partition coefficient (Wildman–Crippen LogP) is 5.01. The summed E-state index contributed by atoms with van der Waals surface area (Å²) in [5.74, 6) is 0.629. The highest BCUT2D eigenvalue weighted by molar-refractivity contribution is 5.31. The van der Waals surface area contributed by atoms with Crippen molar-refractivity contribution in [1.29, 1.82) is 0 Å². The maximum atomic E-state index is 3.68. The Morgan fingerprint density at radius 3 is 2.25 bits per heavy atom. The van der Waals surface area contributed by atoms with Crippen LogP contribution < -0.4 is 5.32 Å². The van der Waals surface area contributed by atoms with Crippen LogP contribution in [0.25, 0.3) is 0 Å². The molecule has 1 aromatic rings. The standard InChI is InChI=1S/C19H31N/c1-4-14-20-15-19(12-6-5-7-13-19)18-10-8-17(9-11-18)16(2)3/h8-11,16,20H,4-7,12-15H2,1-3H3. The second-order valence-electron chi connectivity index (χ2n) is 6.79. The minimum Gasteiger partial charge on any atom is -0.316 e. The van der Waals surface area contributed by atoms with Crippen molar-refractivity contribution in [2.75, 3.05) is 13.1 Å². The molecule has 20 heavy (non-hydrogen) atoms. The van der Waals surface area contributed by atoms with Crippen molar-refractivity contribution in [3.8, 4) is 0 Å². The number of hydrogen-bond acceptors (Lipinski definition) is 1. The Kier molecular flexibility index (Phi) is 5.65. The van der Waals surface area contributed by atoms with Crippen LogP contribution in [0.4, 0.5) is 0 Å². The molecule has 0 radical (unpaired) electrons. The lowest BCUT2D eigenvalue weighted by Gasteiger charge is -2.38. The number of benzene rings is 1. The minimum atomic E-state index is 0.392. The van der Waals surface area contributed by atoms with Crippen molar-refractivity contribution < 1.29 is 0 Å². The lowest BCUT2D eigenvalue weighted by molar-refractivity contribution is 0.280. The fourth-order valence-electron chi connectivity index (χ4n) is 3.52. The third-order valence-electron chi connectivity index (χ3n) is 4.89. The topological polar surface area (TPSA) is 12.0 Å². The Bertz CT molecular complexity index is 385. The lowest BCUT2D eigenvalue weighted by Crippen LogP contribution is -2.40. The zero-order valence-corrected chi connectivity index (χ0v) is 13.5. The van der Waals surface area contributed by atoms with Crippen LogP contribution in [0.2, 0.25) is 0 Å². The molecular formula is C19H31N. The maximum absolute atomic E-state index is 3.68. The largest absolute Gasteiger partial charge is 0.316 e. The van der Waals surface area contributed by atoms with Crippen molar-refractivity contribution in [2.45, 2.75) is 70.6 Å². The Balaban J connectivity index is 2.16. The predicted molar refractivity (Wildman–Crippen MR) is 88.5 cm³/mol. The molecule has 1 aromatic carbocycles. The second kappa shape index (κ2) is 7.26. The first-order valence-corrected chi connectivity index (χ1v) is 8.49. The molecule has 0 bridgehead atoms. The van der Waals surface area contributed by atoms with E-state index in [2.05, 4.69) is 50.4 Å². The first-order chi connectivity index (χ1) is 9.68. The van der Waals surface area contributed by atoms with Gasteiger partial charge in [-0.1, -0.05) is 64.3 Å². The molecule has 0 saturated heterocycles. The van der Waals surface area contributed by atoms with Crippen LogP contribution in [0.5, 0.6) is 0 Å². The fourth-order valence-corrected chi connectivity index (χ4v) is 3.52. The van der Waals surface area contributed by atoms with E-state index in [-0.39, 0.29) is 0 Å². The van der Waals surface area contributed by atoms with E-state index >= 15 is 0 Å². The Labute approximate surface area is 125 Å². The molecule has 2 rings (SSSR count). The van der Waals surface area contributed by atoms with E-state index in [1.807, 2.05) is 0 Å². The molecule has 0 spiro atoms. The van der Waals surface area contributed by atoms with E-state index in [1.54, 1.807) is 5.56 Å². The van der Waals surface area contributed by atoms with Crippen LogP contribution in [0.1, 0.15) is 76.3 Å². The van der Waals surface area contributed by atoms with Crippen LogP contribution in [0, 0.1) is 0 Å². The molecule has 0 unspecified atom stereocenters. The molecule has 0 aliphatic heterocycles. The van der Waals surface area contributed by atoms with Gasteiger partial charge < -0.3 is 5.32 Å². The quantitative estimate of drug-likeness (QED) is 0.718. The zero-order valence-electron chi connectivity index (χ0n) is 13.5. The van der Waals surface area contributed by atoms with Gasteiger partial charge in [0.2, 0.25) is 0 Å². The normalized spacial score (nSPS) is 18.4. The van der Waals surface area contributed by atoms with Crippen LogP contribution in [0.15, 0.2) is 24.3 Å². The van der Waals surface area contributed by atoms with Crippen molar-refractivity contribution in [3.63, 3.8) is 0 Å². The SMILES string of the molecule is CCCNCC1(c2ccc(C(C)C)cc2)CCCCC1. The molecule has 1 fully saturated rings. The van der Waals surface area contributed by atoms with Crippen LogP contribution in [0.3, 0.4) is 0 Å². The molecule has 1 nitrogen and oxygen atoms in total. The second-order valence-corrected chi connectivity index (χ2v) is 6.79. The molecule has 0 aromatic heterocycles. The Hall–Kier alpha value is -0.820. The summed E-state index contributed by atoms with van der Waals surface area (Å²) in [6.45, 7) is 9.09. The van der Waals surface area contributed by atoms with Gasteiger partial charge in [0, 0.05) is 12.0 Å². The molecule has 0 heterocycles. The summed E-state index contributed by atoms with van der Waals surface area (Å²) in [5, 5.41) is 3.68. The summed E-state index contributed by atoms with van der Waals surface area (Å²) >= 11 is 0. The van der Waals surface area contributed by atoms with Gasteiger partial charge in [-0.3, -0.25) is 0 Å². The maximum Gasteiger partial charge on any atom is 0.00777 e. The number of rotatable bonds is 6. The molecule has 1 aliphatic carbocycles. The average molecular weight is 273 g/mol. The van der Waals surface area contributed by atoms with Crippen LogP contribution in [-0.4, -0.2) is 13.1 Å². The number of nitrogens with one attached hydrogen (secondary N) is 1. The summed E-state index contributed by atoms with van der Waals surface area (Å²) in [5.41, 5.74) is 3.41. The van der Waals surface area contributed by atoms with E-state index in [9.17, 15) is 0 Å². The molecule has 1 saturated carbocycles. The van der Waals surface area contributed by atoms with E-state index in [0.717, 1.165) is 13.1 Å². The monoisotopic (exact) mass is 273 g/mol. The zero-order chi connectivity index (χ0) is 14.4. The Morgan fingerprint density at radius 2 is 1.70 bits per heavy atom. The van der Waals surface area contributed by atoms with Crippen LogP contribution >= 0.6 is 0 Å². The van der Waals surface area contributed by atoms with Gasteiger partial charge in [-0.2, -0.15) is 0 Å². The van der Waals surface area contributed by atoms with Crippen molar-refractivity contribution in [3.05, 3.63) is 35.4 Å². The third-order valence-corrected chi connectivity index (χ3v) is 4.89. The smallest absolute Gasteiger partial charge is 0.00777 e. The van der Waals surface area contributed by atoms with Gasteiger partial charge in [-0.05, 0) is 42.9 Å². The van der Waals surface area contributed by atoms with Gasteiger partial charge in [-0.15, -0.1) is 0 Å². The molecule has 0 amide bonds. The summed E-state index contributed by atoms with van der Waals surface area (Å²) in [6.07, 6.45) is 8.12. The lowest BCUT2D eigenvalue weighted by atomic mass is 9.69. The van der Waals surface area contributed by atoms with Crippen LogP contribution in [-0.2, 0) is 5.41 Å². The van der Waals surface area contributed by atoms with Gasteiger partial charge >= 0.3 is 0 Å². The van der Waals surface area contributed by atoms with E-state index in [1.165, 1.54) is 44.1 Å². The highest BCUT2D eigenvalue weighted by atomic mass is 14.9. The van der Waals surface area contributed by atoms with Gasteiger partial charge in [0.15, 0.2) is 0 Å². The molecule has 1 aliphatic rings. The van der Waals surface area contributed by atoms with Gasteiger partial charge in [-0.25, -0.2) is 0 Å². The van der Waals surface area contributed by atoms with E-state index < -0.39 is 0 Å². The molecule has 1 N–H and O–H groups in total. The van der Waals surface area contributed by atoms with Crippen molar-refractivity contribution >= 4 is 0 Å². The highest BCUT2D eigenvalue weighted by Gasteiger charge is 2.33. The van der Waals surface area contributed by atoms with Gasteiger partial charge in [0.1, 0.15) is 0 Å². The van der Waals surface area contributed by atoms with Gasteiger partial charge in [0.25, 0.3) is 0 Å². The molecular weight excluding hydrogens is 242 g/mol. The van der Waals surface area contributed by atoms with E-state index in [4.69, 9.17) is 0 Å². The summed E-state index contributed by atoms with van der Waals surface area (Å²) in [4.78, 5) is 0. The summed E-state index contributed by atoms with van der Waals surface area (Å²) < 4.78 is 0. The first kappa shape index (κ1) is 15.6.